The van der Waals surface area contributed by atoms with Crippen LogP contribution < -0.4 is 21.0 Å². The summed E-state index contributed by atoms with van der Waals surface area (Å²) in [6.07, 6.45) is 0. The molecule has 0 fully saturated rings. The van der Waals surface area contributed by atoms with Gasteiger partial charge in [0.25, 0.3) is 0 Å². The fourth-order valence-corrected chi connectivity index (χ4v) is 2.65. The van der Waals surface area contributed by atoms with Gasteiger partial charge < -0.3 is 20.9 Å². The van der Waals surface area contributed by atoms with Crippen LogP contribution in [0.15, 0.2) is 54.6 Å². The molecule has 136 valence electrons. The predicted molar refractivity (Wildman–Crippen MR) is 91.0 cm³/mol. The van der Waals surface area contributed by atoms with Crippen molar-refractivity contribution in [2.75, 3.05) is 5.32 Å². The second-order valence-electron chi connectivity index (χ2n) is 5.55. The second kappa shape index (κ2) is 7.31. The number of nitrogens with one attached hydrogen (secondary N) is 4. The van der Waals surface area contributed by atoms with E-state index in [-0.39, 0.29) is 5.69 Å². The van der Waals surface area contributed by atoms with Crippen molar-refractivity contribution in [3.05, 3.63) is 70.2 Å². The molecule has 0 aliphatic rings. The molecule has 10 heteroatoms. The Bertz CT molecular complexity index is 903. The molecule has 0 aliphatic heterocycles. The molecule has 3 aromatic rings. The molecule has 0 bridgehead atoms. The summed E-state index contributed by atoms with van der Waals surface area (Å²) in [5, 5.41) is 62.5. The minimum atomic E-state index is -1.43. The summed E-state index contributed by atoms with van der Waals surface area (Å²) < 4.78 is 0. The highest BCUT2D eigenvalue weighted by molar-refractivity contribution is 5.88. The van der Waals surface area contributed by atoms with Crippen LogP contribution in [0, 0.1) is 15.6 Å². The van der Waals surface area contributed by atoms with Crippen LogP contribution >= 0.6 is 0 Å². The van der Waals surface area contributed by atoms with Gasteiger partial charge in [0, 0.05) is 5.69 Å². The first-order valence-corrected chi connectivity index (χ1v) is 7.50. The summed E-state index contributed by atoms with van der Waals surface area (Å²) in [5.74, 6) is 0. The van der Waals surface area contributed by atoms with E-state index < -0.39 is 32.7 Å². The maximum absolute atomic E-state index is 11.5. The Morgan fingerprint density at radius 3 is 1.81 bits per heavy atom. The SMILES string of the molecule is [O-][NH+](O)c1cc([NH+]([O-])O)c(Nc2ccc3ccccc3c2)c([NH+]([O-])O)c1. The van der Waals surface area contributed by atoms with Crippen molar-refractivity contribution in [3.63, 3.8) is 0 Å². The van der Waals surface area contributed by atoms with E-state index in [2.05, 4.69) is 5.32 Å². The minimum absolute atomic E-state index is 0.176. The maximum atomic E-state index is 11.5. The molecule has 26 heavy (non-hydrogen) atoms. The number of fused-ring (bicyclic) bond motifs is 1. The Morgan fingerprint density at radius 1 is 0.692 bits per heavy atom. The molecule has 0 aromatic heterocycles. The van der Waals surface area contributed by atoms with Gasteiger partial charge >= 0.3 is 0 Å². The molecule has 10 nitrogen and oxygen atoms in total. The highest BCUT2D eigenvalue weighted by Gasteiger charge is 2.24. The van der Waals surface area contributed by atoms with Gasteiger partial charge in [-0.25, -0.2) is 15.6 Å². The number of hydrogen-bond acceptors (Lipinski definition) is 7. The topological polar surface area (TPSA) is 155 Å². The average molecular weight is 360 g/mol. The summed E-state index contributed by atoms with van der Waals surface area (Å²) in [6.45, 7) is 0. The molecule has 0 amide bonds. The molecule has 3 rings (SSSR count). The van der Waals surface area contributed by atoms with E-state index in [4.69, 9.17) is 5.21 Å². The molecular weight excluding hydrogens is 344 g/mol. The zero-order chi connectivity index (χ0) is 18.8. The molecule has 0 aliphatic carbocycles. The molecule has 0 heterocycles. The lowest BCUT2D eigenvalue weighted by Gasteiger charge is -2.23. The van der Waals surface area contributed by atoms with Gasteiger partial charge in [0.2, 0.25) is 0 Å². The third-order valence-electron chi connectivity index (χ3n) is 3.86. The third-order valence-corrected chi connectivity index (χ3v) is 3.86. The standard InChI is InChI=1S/C16H16N4O6/c21-18(22)13-8-14(19(23)24)16(15(9-13)20(25)26)17-12-6-5-10-3-1-2-4-11(10)7-12/h1-9,17-21,23,25H. The molecule has 7 N–H and O–H groups in total. The molecule has 3 aromatic carbocycles. The smallest absolute Gasteiger partial charge is 0.200 e. The van der Waals surface area contributed by atoms with Crippen LogP contribution in [0.2, 0.25) is 0 Å². The number of benzene rings is 3. The van der Waals surface area contributed by atoms with E-state index in [9.17, 15) is 26.0 Å². The molecule has 3 unspecified atom stereocenters. The van der Waals surface area contributed by atoms with E-state index in [0.717, 1.165) is 22.9 Å². The van der Waals surface area contributed by atoms with Gasteiger partial charge in [-0.2, -0.15) is 15.7 Å². The summed E-state index contributed by atoms with van der Waals surface area (Å²) in [4.78, 5) is 0. The first-order valence-electron chi connectivity index (χ1n) is 7.50. The van der Waals surface area contributed by atoms with Gasteiger partial charge in [0.1, 0.15) is 0 Å². The normalized spacial score (nSPS) is 14.8. The molecule has 0 radical (unpaired) electrons. The van der Waals surface area contributed by atoms with Gasteiger partial charge in [-0.3, -0.25) is 0 Å². The van der Waals surface area contributed by atoms with Gasteiger partial charge in [0.15, 0.2) is 22.7 Å². The number of rotatable bonds is 5. The van der Waals surface area contributed by atoms with Crippen LogP contribution in [0.4, 0.5) is 28.4 Å². The van der Waals surface area contributed by atoms with Gasteiger partial charge in [0.05, 0.1) is 12.1 Å². The second-order valence-corrected chi connectivity index (χ2v) is 5.55. The summed E-state index contributed by atoms with van der Waals surface area (Å²) in [5.41, 5.74) is -0.975. The Kier molecular flexibility index (Phi) is 5.11. The summed E-state index contributed by atoms with van der Waals surface area (Å²) in [6, 6.07) is 14.6. The molecular formula is C16H16N4O6. The first kappa shape index (κ1) is 18.2. The van der Waals surface area contributed by atoms with Gasteiger partial charge in [-0.05, 0) is 22.9 Å². The zero-order valence-corrected chi connectivity index (χ0v) is 13.3. The van der Waals surface area contributed by atoms with E-state index in [1.807, 2.05) is 30.3 Å². The van der Waals surface area contributed by atoms with Crippen molar-refractivity contribution >= 4 is 39.2 Å². The van der Waals surface area contributed by atoms with E-state index in [0.29, 0.717) is 5.69 Å². The highest BCUT2D eigenvalue weighted by Crippen LogP contribution is 2.32. The fourth-order valence-electron chi connectivity index (χ4n) is 2.65. The van der Waals surface area contributed by atoms with Crippen molar-refractivity contribution in [2.24, 2.45) is 0 Å². The Labute approximate surface area is 146 Å². The van der Waals surface area contributed by atoms with E-state index >= 15 is 0 Å². The van der Waals surface area contributed by atoms with Crippen LogP contribution in [0.3, 0.4) is 0 Å². The van der Waals surface area contributed by atoms with Crippen molar-refractivity contribution in [1.29, 1.82) is 0 Å². The third kappa shape index (κ3) is 3.63. The molecule has 3 atom stereocenters. The average Bonchev–Trinajstić information content (AvgIpc) is 2.61. The van der Waals surface area contributed by atoms with Crippen LogP contribution in [0.5, 0.6) is 0 Å². The maximum Gasteiger partial charge on any atom is 0.200 e. The van der Waals surface area contributed by atoms with Gasteiger partial charge in [-0.1, -0.05) is 30.3 Å². The van der Waals surface area contributed by atoms with Crippen LogP contribution in [-0.2, 0) is 0 Å². The Hall–Kier alpha value is -2.64. The highest BCUT2D eigenvalue weighted by atomic mass is 16.8. The largest absolute Gasteiger partial charge is 0.595 e. The van der Waals surface area contributed by atoms with Crippen molar-refractivity contribution in [2.45, 2.75) is 0 Å². The lowest BCUT2D eigenvalue weighted by Crippen LogP contribution is -3.02. The van der Waals surface area contributed by atoms with Crippen LogP contribution in [0.25, 0.3) is 10.8 Å². The predicted octanol–water partition coefficient (Wildman–Crippen LogP) is -0.206. The molecule has 0 spiro atoms. The van der Waals surface area contributed by atoms with Crippen molar-refractivity contribution in [3.8, 4) is 0 Å². The quantitative estimate of drug-likeness (QED) is 0.311. The van der Waals surface area contributed by atoms with E-state index in [1.165, 1.54) is 0 Å². The summed E-state index contributed by atoms with van der Waals surface area (Å²) >= 11 is 0. The van der Waals surface area contributed by atoms with E-state index in [1.54, 1.807) is 12.1 Å². The van der Waals surface area contributed by atoms with Crippen LogP contribution in [-0.4, -0.2) is 15.6 Å². The lowest BCUT2D eigenvalue weighted by molar-refractivity contribution is -1.00. The fraction of sp³-hybridized carbons (Fsp3) is 0. The zero-order valence-electron chi connectivity index (χ0n) is 13.3. The molecule has 0 saturated heterocycles. The lowest BCUT2D eigenvalue weighted by atomic mass is 10.1. The first-order chi connectivity index (χ1) is 12.4. The van der Waals surface area contributed by atoms with Crippen molar-refractivity contribution < 1.29 is 31.3 Å². The summed E-state index contributed by atoms with van der Waals surface area (Å²) in [7, 11) is 0. The minimum Gasteiger partial charge on any atom is -0.595 e. The Morgan fingerprint density at radius 2 is 1.27 bits per heavy atom. The van der Waals surface area contributed by atoms with Crippen LogP contribution in [0.1, 0.15) is 0 Å². The van der Waals surface area contributed by atoms with Crippen molar-refractivity contribution in [1.82, 2.24) is 0 Å². The monoisotopic (exact) mass is 360 g/mol. The number of quaternary nitrogens is 3. The van der Waals surface area contributed by atoms with Gasteiger partial charge in [-0.15, -0.1) is 0 Å². The molecule has 0 saturated carbocycles. The Balaban J connectivity index is 2.11. The number of hydrogen-bond donors (Lipinski definition) is 7. The number of anilines is 2.